The molecule has 0 aliphatic carbocycles. The van der Waals surface area contributed by atoms with Crippen LogP contribution < -0.4 is 5.32 Å². The molecule has 0 aliphatic heterocycles. The van der Waals surface area contributed by atoms with E-state index in [1.807, 2.05) is 22.6 Å². The minimum absolute atomic E-state index is 0.257. The Balaban J connectivity index is 2.49. The van der Waals surface area contributed by atoms with E-state index in [0.717, 1.165) is 0 Å². The van der Waals surface area contributed by atoms with Crippen molar-refractivity contribution in [3.63, 3.8) is 0 Å². The van der Waals surface area contributed by atoms with E-state index in [-0.39, 0.29) is 5.69 Å². The molecule has 0 bridgehead atoms. The molecular weight excluding hydrogens is 398 g/mol. The van der Waals surface area contributed by atoms with Gasteiger partial charge in [0.15, 0.2) is 0 Å². The van der Waals surface area contributed by atoms with E-state index in [1.165, 1.54) is 18.2 Å². The highest BCUT2D eigenvalue weighted by atomic mass is 127. The second-order valence-electron chi connectivity index (χ2n) is 3.45. The highest BCUT2D eigenvalue weighted by molar-refractivity contribution is 14.1. The first-order valence-corrected chi connectivity index (χ1v) is 6.28. The van der Waals surface area contributed by atoms with Gasteiger partial charge in [0.1, 0.15) is 5.69 Å². The molecule has 0 fully saturated rings. The molecule has 0 saturated heterocycles. The van der Waals surface area contributed by atoms with Gasteiger partial charge in [-0.15, -0.1) is 0 Å². The molecular formula is C11H4ClF4IN2. The van der Waals surface area contributed by atoms with Crippen molar-refractivity contribution in [1.29, 1.82) is 0 Å². The molecule has 0 aliphatic rings. The smallest absolute Gasteiger partial charge is 0.253 e. The van der Waals surface area contributed by atoms with Crippen molar-refractivity contribution in [1.82, 2.24) is 4.98 Å². The lowest BCUT2D eigenvalue weighted by atomic mass is 10.3. The summed E-state index contributed by atoms with van der Waals surface area (Å²) in [6.07, 6.45) is 0. The van der Waals surface area contributed by atoms with Crippen LogP contribution in [0.15, 0.2) is 18.2 Å². The van der Waals surface area contributed by atoms with E-state index in [9.17, 15) is 17.6 Å². The molecule has 2 nitrogen and oxygen atoms in total. The molecule has 0 spiro atoms. The van der Waals surface area contributed by atoms with Gasteiger partial charge >= 0.3 is 0 Å². The van der Waals surface area contributed by atoms with E-state index < -0.39 is 29.2 Å². The molecule has 1 aromatic carbocycles. The van der Waals surface area contributed by atoms with Gasteiger partial charge in [0.2, 0.25) is 11.6 Å². The average molecular weight is 403 g/mol. The summed E-state index contributed by atoms with van der Waals surface area (Å²) in [6, 6.07) is 4.42. The second kappa shape index (κ2) is 5.49. The summed E-state index contributed by atoms with van der Waals surface area (Å²) in [4.78, 5) is 2.47. The van der Waals surface area contributed by atoms with Crippen LogP contribution in [0.4, 0.5) is 28.9 Å². The van der Waals surface area contributed by atoms with Gasteiger partial charge in [0.25, 0.3) is 11.9 Å². The van der Waals surface area contributed by atoms with Crippen molar-refractivity contribution in [2.45, 2.75) is 0 Å². The molecule has 0 atom stereocenters. The maximum absolute atomic E-state index is 13.4. The molecule has 0 unspecified atom stereocenters. The first kappa shape index (κ1) is 14.3. The monoisotopic (exact) mass is 402 g/mol. The Morgan fingerprint density at radius 3 is 2.16 bits per heavy atom. The number of rotatable bonds is 2. The Kier molecular flexibility index (Phi) is 4.14. The number of halogens is 6. The lowest BCUT2D eigenvalue weighted by Gasteiger charge is -2.11. The Hall–Kier alpha value is -1.09. The Morgan fingerprint density at radius 1 is 1.05 bits per heavy atom. The largest absolute Gasteiger partial charge is 0.350 e. The predicted molar refractivity (Wildman–Crippen MR) is 71.5 cm³/mol. The number of aromatic nitrogens is 1. The first-order chi connectivity index (χ1) is 8.90. The van der Waals surface area contributed by atoms with Crippen LogP contribution in [-0.4, -0.2) is 4.98 Å². The molecule has 0 amide bonds. The highest BCUT2D eigenvalue weighted by Gasteiger charge is 2.21. The fourth-order valence-electron chi connectivity index (χ4n) is 1.32. The third-order valence-corrected chi connectivity index (χ3v) is 3.32. The Labute approximate surface area is 123 Å². The number of anilines is 2. The van der Waals surface area contributed by atoms with E-state index in [2.05, 4.69) is 10.3 Å². The summed E-state index contributed by atoms with van der Waals surface area (Å²) in [6.45, 7) is 0. The first-order valence-electron chi connectivity index (χ1n) is 4.82. The van der Waals surface area contributed by atoms with Crippen LogP contribution in [0.3, 0.4) is 0 Å². The molecule has 1 aromatic heterocycles. The van der Waals surface area contributed by atoms with Crippen molar-refractivity contribution in [2.75, 3.05) is 5.32 Å². The lowest BCUT2D eigenvalue weighted by Crippen LogP contribution is -2.06. The van der Waals surface area contributed by atoms with Crippen LogP contribution >= 0.6 is 34.2 Å². The number of pyridine rings is 1. The summed E-state index contributed by atoms with van der Waals surface area (Å²) >= 11 is 7.58. The number of benzene rings is 1. The van der Waals surface area contributed by atoms with Crippen molar-refractivity contribution in [2.24, 2.45) is 0 Å². The maximum atomic E-state index is 13.4. The number of hydrogen-bond donors (Lipinski definition) is 1. The van der Waals surface area contributed by atoms with Gasteiger partial charge in [-0.25, -0.2) is 0 Å². The molecule has 19 heavy (non-hydrogen) atoms. The zero-order chi connectivity index (χ0) is 14.2. The fraction of sp³-hybridized carbons (Fsp3) is 0. The van der Waals surface area contributed by atoms with Crippen molar-refractivity contribution < 1.29 is 17.6 Å². The number of nitrogens with one attached hydrogen (secondary N) is 1. The minimum Gasteiger partial charge on any atom is -0.350 e. The van der Waals surface area contributed by atoms with Crippen molar-refractivity contribution in [3.05, 3.63) is 50.3 Å². The Morgan fingerprint density at radius 2 is 1.63 bits per heavy atom. The SMILES string of the molecule is Fc1nc(F)c(F)c(Nc2ccc(Cl)cc2I)c1F. The standard InChI is InChI=1S/C11H4ClF4IN2/c12-4-1-2-6(5(17)3-4)18-9-7(13)10(15)19-11(16)8(9)14/h1-3H,(H,18,19). The molecule has 2 aromatic rings. The van der Waals surface area contributed by atoms with Gasteiger partial charge in [-0.3, -0.25) is 0 Å². The summed E-state index contributed by atoms with van der Waals surface area (Å²) in [7, 11) is 0. The predicted octanol–water partition coefficient (Wildman–Crippen LogP) is 4.64. The van der Waals surface area contributed by atoms with Gasteiger partial charge < -0.3 is 5.32 Å². The van der Waals surface area contributed by atoms with Crippen molar-refractivity contribution >= 4 is 45.6 Å². The fourth-order valence-corrected chi connectivity index (χ4v) is 2.33. The van der Waals surface area contributed by atoms with Crippen LogP contribution in [0.2, 0.25) is 5.02 Å². The lowest BCUT2D eigenvalue weighted by molar-refractivity contribution is 0.411. The van der Waals surface area contributed by atoms with Gasteiger partial charge in [-0.1, -0.05) is 11.6 Å². The van der Waals surface area contributed by atoms with E-state index in [4.69, 9.17) is 11.6 Å². The van der Waals surface area contributed by atoms with E-state index >= 15 is 0 Å². The third kappa shape index (κ3) is 2.92. The van der Waals surface area contributed by atoms with Crippen LogP contribution in [0.1, 0.15) is 0 Å². The molecule has 100 valence electrons. The van der Waals surface area contributed by atoms with Crippen molar-refractivity contribution in [3.8, 4) is 0 Å². The Bertz CT molecular complexity index is 625. The maximum Gasteiger partial charge on any atom is 0.253 e. The zero-order valence-electron chi connectivity index (χ0n) is 8.95. The molecule has 1 heterocycles. The molecule has 0 saturated carbocycles. The summed E-state index contributed by atoms with van der Waals surface area (Å²) in [5.41, 5.74) is -0.682. The topological polar surface area (TPSA) is 24.9 Å². The molecule has 2 rings (SSSR count). The molecule has 0 radical (unpaired) electrons. The van der Waals surface area contributed by atoms with Gasteiger partial charge in [-0.05, 0) is 40.8 Å². The van der Waals surface area contributed by atoms with Crippen LogP contribution in [0.5, 0.6) is 0 Å². The van der Waals surface area contributed by atoms with Gasteiger partial charge in [0.05, 0.1) is 5.69 Å². The summed E-state index contributed by atoms with van der Waals surface area (Å²) in [5, 5.41) is 2.70. The molecule has 1 N–H and O–H groups in total. The number of nitrogens with zero attached hydrogens (tertiary/aromatic N) is 1. The van der Waals surface area contributed by atoms with Crippen LogP contribution in [0.25, 0.3) is 0 Å². The van der Waals surface area contributed by atoms with Crippen LogP contribution in [0, 0.1) is 27.1 Å². The highest BCUT2D eigenvalue weighted by Crippen LogP contribution is 2.29. The molecule has 8 heteroatoms. The zero-order valence-corrected chi connectivity index (χ0v) is 11.9. The van der Waals surface area contributed by atoms with E-state index in [0.29, 0.717) is 8.59 Å². The normalized spacial score (nSPS) is 10.6. The third-order valence-electron chi connectivity index (χ3n) is 2.19. The van der Waals surface area contributed by atoms with Gasteiger partial charge in [-0.2, -0.15) is 22.5 Å². The van der Waals surface area contributed by atoms with Crippen LogP contribution in [-0.2, 0) is 0 Å². The number of hydrogen-bond acceptors (Lipinski definition) is 2. The van der Waals surface area contributed by atoms with Gasteiger partial charge in [0, 0.05) is 8.59 Å². The summed E-state index contributed by atoms with van der Waals surface area (Å²) in [5.74, 6) is -6.62. The quantitative estimate of drug-likeness (QED) is 0.450. The average Bonchev–Trinajstić information content (AvgIpc) is 2.34. The minimum atomic E-state index is -1.72. The summed E-state index contributed by atoms with van der Waals surface area (Å²) < 4.78 is 53.2. The second-order valence-corrected chi connectivity index (χ2v) is 5.04. The van der Waals surface area contributed by atoms with E-state index in [1.54, 1.807) is 0 Å².